The largest absolute Gasteiger partial charge is 0.377 e. The Morgan fingerprint density at radius 2 is 1.53 bits per heavy atom. The first kappa shape index (κ1) is 23.4. The summed E-state index contributed by atoms with van der Waals surface area (Å²) < 4.78 is 0. The summed E-state index contributed by atoms with van der Waals surface area (Å²) in [6.07, 6.45) is 0. The number of urea groups is 1. The molecule has 8 heteroatoms. The van der Waals surface area contributed by atoms with Gasteiger partial charge in [-0.3, -0.25) is 4.79 Å². The molecule has 0 radical (unpaired) electrons. The molecule has 1 unspecified atom stereocenters. The number of para-hydroxylation sites is 1. The molecule has 3 aromatic rings. The van der Waals surface area contributed by atoms with Crippen LogP contribution in [0.4, 0.5) is 21.9 Å². The average molecular weight is 471 g/mol. The molecule has 0 aromatic heterocycles. The summed E-state index contributed by atoms with van der Waals surface area (Å²) in [4.78, 5) is 27.4. The van der Waals surface area contributed by atoms with Crippen molar-refractivity contribution in [1.82, 2.24) is 5.32 Å². The molecule has 32 heavy (non-hydrogen) atoms. The Balaban J connectivity index is 1.79. The summed E-state index contributed by atoms with van der Waals surface area (Å²) in [5.41, 5.74) is 2.92. The maximum atomic E-state index is 13.1. The molecule has 3 N–H and O–H groups in total. The Morgan fingerprint density at radius 1 is 0.875 bits per heavy atom. The van der Waals surface area contributed by atoms with Gasteiger partial charge in [0.15, 0.2) is 0 Å². The van der Waals surface area contributed by atoms with E-state index in [1.807, 2.05) is 56.3 Å². The Bertz CT molecular complexity index is 1100. The minimum Gasteiger partial charge on any atom is -0.377 e. The topological polar surface area (TPSA) is 73.5 Å². The molecule has 0 spiro atoms. The number of anilines is 3. The number of carbonyl (C=O) groups excluding carboxylic acids is 2. The molecular weight excluding hydrogens is 447 g/mol. The fourth-order valence-electron chi connectivity index (χ4n) is 3.18. The van der Waals surface area contributed by atoms with Gasteiger partial charge in [-0.15, -0.1) is 0 Å². The highest BCUT2D eigenvalue weighted by Gasteiger charge is 2.18. The van der Waals surface area contributed by atoms with E-state index in [1.165, 1.54) is 0 Å². The molecule has 3 rings (SSSR count). The van der Waals surface area contributed by atoms with E-state index >= 15 is 0 Å². The summed E-state index contributed by atoms with van der Waals surface area (Å²) in [7, 11) is 3.71. The lowest BCUT2D eigenvalue weighted by molar-refractivity contribution is 0.0940. The average Bonchev–Trinajstić information content (AvgIpc) is 2.76. The SMILES string of the molecule is CC(NC(=O)c1cc(NC(=O)Nc2c(Cl)cccc2Cl)ccc1N(C)C)c1ccccc1. The lowest BCUT2D eigenvalue weighted by Gasteiger charge is -2.21. The van der Waals surface area contributed by atoms with Crippen molar-refractivity contribution in [3.8, 4) is 0 Å². The quantitative estimate of drug-likeness (QED) is 0.401. The zero-order valence-corrected chi connectivity index (χ0v) is 19.5. The van der Waals surface area contributed by atoms with E-state index in [9.17, 15) is 9.59 Å². The third kappa shape index (κ3) is 5.72. The highest BCUT2D eigenvalue weighted by Crippen LogP contribution is 2.30. The molecular formula is C24H24Cl2N4O2. The van der Waals surface area contributed by atoms with Gasteiger partial charge in [0.2, 0.25) is 0 Å². The third-order valence-electron chi connectivity index (χ3n) is 4.83. The summed E-state index contributed by atoms with van der Waals surface area (Å²) in [6, 6.07) is 19.1. The second-order valence-corrected chi connectivity index (χ2v) is 8.22. The van der Waals surface area contributed by atoms with Crippen LogP contribution in [0.2, 0.25) is 10.0 Å². The van der Waals surface area contributed by atoms with Crippen LogP contribution in [-0.4, -0.2) is 26.0 Å². The second-order valence-electron chi connectivity index (χ2n) is 7.41. The van der Waals surface area contributed by atoms with E-state index in [2.05, 4.69) is 16.0 Å². The second kappa shape index (κ2) is 10.4. The molecule has 0 heterocycles. The Hall–Kier alpha value is -3.22. The van der Waals surface area contributed by atoms with Crippen LogP contribution in [0.3, 0.4) is 0 Å². The van der Waals surface area contributed by atoms with E-state index in [0.29, 0.717) is 27.0 Å². The number of nitrogens with one attached hydrogen (secondary N) is 3. The third-order valence-corrected chi connectivity index (χ3v) is 5.46. The van der Waals surface area contributed by atoms with Gasteiger partial charge in [-0.1, -0.05) is 59.6 Å². The first-order valence-corrected chi connectivity index (χ1v) is 10.7. The van der Waals surface area contributed by atoms with Crippen molar-refractivity contribution >= 4 is 52.2 Å². The molecule has 6 nitrogen and oxygen atoms in total. The molecule has 0 saturated heterocycles. The van der Waals surface area contributed by atoms with Crippen molar-refractivity contribution in [2.24, 2.45) is 0 Å². The molecule has 0 aliphatic carbocycles. The van der Waals surface area contributed by atoms with Gasteiger partial charge in [0.05, 0.1) is 27.3 Å². The van der Waals surface area contributed by atoms with Crippen LogP contribution in [0.5, 0.6) is 0 Å². The van der Waals surface area contributed by atoms with Crippen LogP contribution in [0, 0.1) is 0 Å². The summed E-state index contributed by atoms with van der Waals surface area (Å²) in [6.45, 7) is 1.92. The fourth-order valence-corrected chi connectivity index (χ4v) is 3.67. The van der Waals surface area contributed by atoms with Crippen molar-refractivity contribution in [3.63, 3.8) is 0 Å². The molecule has 0 saturated carbocycles. The number of hydrogen-bond donors (Lipinski definition) is 3. The highest BCUT2D eigenvalue weighted by molar-refractivity contribution is 6.39. The minimum atomic E-state index is -0.526. The highest BCUT2D eigenvalue weighted by atomic mass is 35.5. The van der Waals surface area contributed by atoms with E-state index in [-0.39, 0.29) is 11.9 Å². The number of hydrogen-bond acceptors (Lipinski definition) is 3. The predicted octanol–water partition coefficient (Wildman–Crippen LogP) is 6.19. The minimum absolute atomic E-state index is 0.180. The van der Waals surface area contributed by atoms with Gasteiger partial charge in [-0.2, -0.15) is 0 Å². The van der Waals surface area contributed by atoms with Crippen LogP contribution in [0.25, 0.3) is 0 Å². The lowest BCUT2D eigenvalue weighted by atomic mass is 10.1. The molecule has 3 amide bonds. The number of nitrogens with zero attached hydrogens (tertiary/aromatic N) is 1. The Kier molecular flexibility index (Phi) is 7.62. The number of rotatable bonds is 6. The van der Waals surface area contributed by atoms with Gasteiger partial charge >= 0.3 is 6.03 Å². The van der Waals surface area contributed by atoms with Crippen LogP contribution in [0.15, 0.2) is 66.7 Å². The van der Waals surface area contributed by atoms with Crippen molar-refractivity contribution in [1.29, 1.82) is 0 Å². The molecule has 0 bridgehead atoms. The monoisotopic (exact) mass is 470 g/mol. The van der Waals surface area contributed by atoms with E-state index in [0.717, 1.165) is 11.3 Å². The first-order chi connectivity index (χ1) is 15.3. The van der Waals surface area contributed by atoms with E-state index < -0.39 is 6.03 Å². The van der Waals surface area contributed by atoms with Gasteiger partial charge in [0.1, 0.15) is 0 Å². The smallest absolute Gasteiger partial charge is 0.323 e. The van der Waals surface area contributed by atoms with Crippen molar-refractivity contribution in [3.05, 3.63) is 87.9 Å². The van der Waals surface area contributed by atoms with Crippen LogP contribution < -0.4 is 20.9 Å². The van der Waals surface area contributed by atoms with E-state index in [4.69, 9.17) is 23.2 Å². The normalized spacial score (nSPS) is 11.4. The fraction of sp³-hybridized carbons (Fsp3) is 0.167. The van der Waals surface area contributed by atoms with Crippen molar-refractivity contribution in [2.45, 2.75) is 13.0 Å². The Labute approximate surface area is 197 Å². The van der Waals surface area contributed by atoms with Gasteiger partial charge in [0.25, 0.3) is 5.91 Å². The molecule has 1 atom stereocenters. The van der Waals surface area contributed by atoms with Gasteiger partial charge in [0, 0.05) is 25.5 Å². The lowest BCUT2D eigenvalue weighted by Crippen LogP contribution is -2.28. The molecule has 0 aliphatic rings. The standard InChI is InChI=1S/C24H24Cl2N4O2/c1-15(16-8-5-4-6-9-16)27-23(31)18-14-17(12-13-21(18)30(2)3)28-24(32)29-22-19(25)10-7-11-20(22)26/h4-15H,1-3H3,(H,27,31)(H2,28,29,32). The molecule has 0 aliphatic heterocycles. The Morgan fingerprint density at radius 3 is 2.16 bits per heavy atom. The number of halogens is 2. The van der Waals surface area contributed by atoms with Gasteiger partial charge in [-0.25, -0.2) is 4.79 Å². The predicted molar refractivity (Wildman–Crippen MR) is 132 cm³/mol. The van der Waals surface area contributed by atoms with Crippen molar-refractivity contribution in [2.75, 3.05) is 29.6 Å². The van der Waals surface area contributed by atoms with Crippen LogP contribution in [-0.2, 0) is 0 Å². The summed E-state index contributed by atoms with van der Waals surface area (Å²) in [5.74, 6) is -0.247. The van der Waals surface area contributed by atoms with Gasteiger partial charge in [-0.05, 0) is 42.8 Å². The zero-order valence-electron chi connectivity index (χ0n) is 17.9. The number of carbonyl (C=O) groups is 2. The first-order valence-electron chi connectivity index (χ1n) is 9.95. The van der Waals surface area contributed by atoms with E-state index in [1.54, 1.807) is 36.4 Å². The van der Waals surface area contributed by atoms with Gasteiger partial charge < -0.3 is 20.9 Å². The van der Waals surface area contributed by atoms with Crippen LogP contribution in [0.1, 0.15) is 28.9 Å². The zero-order chi connectivity index (χ0) is 23.3. The van der Waals surface area contributed by atoms with Crippen molar-refractivity contribution < 1.29 is 9.59 Å². The molecule has 166 valence electrons. The number of benzene rings is 3. The molecule has 0 fully saturated rings. The maximum Gasteiger partial charge on any atom is 0.323 e. The van der Waals surface area contributed by atoms with Crippen LogP contribution >= 0.6 is 23.2 Å². The summed E-state index contributed by atoms with van der Waals surface area (Å²) >= 11 is 12.2. The number of amides is 3. The molecule has 3 aromatic carbocycles. The summed E-state index contributed by atoms with van der Waals surface area (Å²) in [5, 5.41) is 9.03. The maximum absolute atomic E-state index is 13.1.